The average Bonchev–Trinajstić information content (AvgIpc) is 2.41. The second kappa shape index (κ2) is 7.96. The predicted molar refractivity (Wildman–Crippen MR) is 78.7 cm³/mol. The zero-order valence-corrected chi connectivity index (χ0v) is 12.8. The summed E-state index contributed by atoms with van der Waals surface area (Å²) in [6.45, 7) is 0.703. The minimum Gasteiger partial charge on any atom is -0.396 e. The molecule has 1 aromatic carbocycles. The van der Waals surface area contributed by atoms with Gasteiger partial charge in [0.05, 0.1) is 4.92 Å². The smallest absolute Gasteiger partial charge is 0.271 e. The van der Waals surface area contributed by atoms with Crippen LogP contribution >= 0.6 is 15.9 Å². The molecule has 1 rings (SSSR count). The van der Waals surface area contributed by atoms with Crippen molar-refractivity contribution in [1.82, 2.24) is 4.90 Å². The maximum absolute atomic E-state index is 12.2. The number of carbonyl (C=O) groups excluding carboxylic acids is 1. The molecule has 0 heterocycles. The van der Waals surface area contributed by atoms with Crippen LogP contribution in [0.1, 0.15) is 29.6 Å². The van der Waals surface area contributed by atoms with Gasteiger partial charge in [0, 0.05) is 42.4 Å². The zero-order chi connectivity index (χ0) is 15.1. The van der Waals surface area contributed by atoms with Gasteiger partial charge in [-0.25, -0.2) is 0 Å². The topological polar surface area (TPSA) is 83.7 Å². The number of benzene rings is 1. The molecule has 0 aliphatic carbocycles. The van der Waals surface area contributed by atoms with Gasteiger partial charge in [0.1, 0.15) is 0 Å². The maximum Gasteiger partial charge on any atom is 0.271 e. The fraction of sp³-hybridized carbons (Fsp3) is 0.462. The van der Waals surface area contributed by atoms with Crippen molar-refractivity contribution in [2.75, 3.05) is 20.2 Å². The van der Waals surface area contributed by atoms with Gasteiger partial charge in [-0.05, 0) is 25.3 Å². The van der Waals surface area contributed by atoms with Crippen LogP contribution < -0.4 is 0 Å². The van der Waals surface area contributed by atoms with E-state index in [9.17, 15) is 14.9 Å². The summed E-state index contributed by atoms with van der Waals surface area (Å²) in [5.41, 5.74) is 0.173. The average molecular weight is 345 g/mol. The largest absolute Gasteiger partial charge is 0.396 e. The predicted octanol–water partition coefficient (Wildman–Crippen LogP) is 2.59. The molecule has 0 saturated heterocycles. The van der Waals surface area contributed by atoms with E-state index in [2.05, 4.69) is 15.9 Å². The first kappa shape index (κ1) is 16.6. The number of amides is 1. The summed E-state index contributed by atoms with van der Waals surface area (Å²) >= 11 is 3.17. The number of halogens is 1. The van der Waals surface area contributed by atoms with Gasteiger partial charge in [-0.15, -0.1) is 0 Å². The second-order valence-corrected chi connectivity index (χ2v) is 5.38. The zero-order valence-electron chi connectivity index (χ0n) is 11.2. The van der Waals surface area contributed by atoms with Gasteiger partial charge in [-0.3, -0.25) is 14.9 Å². The van der Waals surface area contributed by atoms with Crippen molar-refractivity contribution in [3.05, 3.63) is 38.3 Å². The quantitative estimate of drug-likeness (QED) is 0.468. The van der Waals surface area contributed by atoms with Crippen molar-refractivity contribution in [3.63, 3.8) is 0 Å². The van der Waals surface area contributed by atoms with Crippen LogP contribution in [0.4, 0.5) is 5.69 Å². The Morgan fingerprint density at radius 2 is 2.05 bits per heavy atom. The number of hydrogen-bond acceptors (Lipinski definition) is 4. The van der Waals surface area contributed by atoms with Crippen molar-refractivity contribution in [2.45, 2.75) is 19.3 Å². The fourth-order valence-electron chi connectivity index (χ4n) is 1.76. The SMILES string of the molecule is CN(CCCCCO)C(=O)c1cc(Br)cc([N+](=O)[O-])c1. The first-order chi connectivity index (χ1) is 9.45. The van der Waals surface area contributed by atoms with E-state index in [-0.39, 0.29) is 23.8 Å². The van der Waals surface area contributed by atoms with Gasteiger partial charge < -0.3 is 10.0 Å². The molecule has 1 N–H and O–H groups in total. The van der Waals surface area contributed by atoms with E-state index in [1.54, 1.807) is 13.1 Å². The lowest BCUT2D eigenvalue weighted by molar-refractivity contribution is -0.385. The molecule has 0 aromatic heterocycles. The molecule has 0 fully saturated rings. The minimum atomic E-state index is -0.525. The summed E-state index contributed by atoms with van der Waals surface area (Å²) in [6.07, 6.45) is 2.34. The van der Waals surface area contributed by atoms with Crippen LogP contribution in [-0.2, 0) is 0 Å². The van der Waals surface area contributed by atoms with Crippen LogP contribution in [0.3, 0.4) is 0 Å². The Hall–Kier alpha value is -1.47. The molecule has 0 radical (unpaired) electrons. The van der Waals surface area contributed by atoms with Crippen LogP contribution in [0.25, 0.3) is 0 Å². The Labute approximate surface area is 125 Å². The summed E-state index contributed by atoms with van der Waals surface area (Å²) in [7, 11) is 1.66. The Kier molecular flexibility index (Phi) is 6.60. The summed E-state index contributed by atoms with van der Waals surface area (Å²) in [5, 5.41) is 19.5. The summed E-state index contributed by atoms with van der Waals surface area (Å²) < 4.78 is 0.503. The van der Waals surface area contributed by atoms with Crippen LogP contribution in [0, 0.1) is 10.1 Å². The highest BCUT2D eigenvalue weighted by Crippen LogP contribution is 2.22. The number of rotatable bonds is 7. The summed E-state index contributed by atoms with van der Waals surface area (Å²) in [5.74, 6) is -0.251. The molecule has 0 atom stereocenters. The molecular weight excluding hydrogens is 328 g/mol. The normalized spacial score (nSPS) is 10.3. The molecule has 0 bridgehead atoms. The third-order valence-corrected chi connectivity index (χ3v) is 3.30. The first-order valence-electron chi connectivity index (χ1n) is 6.27. The molecule has 1 amide bonds. The van der Waals surface area contributed by atoms with Crippen LogP contribution in [0.2, 0.25) is 0 Å². The molecule has 0 aliphatic heterocycles. The number of hydrogen-bond donors (Lipinski definition) is 1. The Balaban J connectivity index is 2.73. The van der Waals surface area contributed by atoms with Gasteiger partial charge in [0.25, 0.3) is 11.6 Å². The number of carbonyl (C=O) groups is 1. The van der Waals surface area contributed by atoms with Crippen molar-refractivity contribution in [3.8, 4) is 0 Å². The molecule has 0 saturated carbocycles. The molecule has 20 heavy (non-hydrogen) atoms. The van der Waals surface area contributed by atoms with E-state index in [1.807, 2.05) is 0 Å². The van der Waals surface area contributed by atoms with Gasteiger partial charge in [0.2, 0.25) is 0 Å². The lowest BCUT2D eigenvalue weighted by atomic mass is 10.1. The lowest BCUT2D eigenvalue weighted by Gasteiger charge is -2.17. The first-order valence-corrected chi connectivity index (χ1v) is 7.06. The highest BCUT2D eigenvalue weighted by molar-refractivity contribution is 9.10. The third kappa shape index (κ3) is 4.90. The van der Waals surface area contributed by atoms with Gasteiger partial charge in [-0.1, -0.05) is 15.9 Å². The lowest BCUT2D eigenvalue weighted by Crippen LogP contribution is -2.27. The molecule has 0 aliphatic rings. The van der Waals surface area contributed by atoms with E-state index in [0.717, 1.165) is 12.8 Å². The number of nitro benzene ring substituents is 1. The fourth-order valence-corrected chi connectivity index (χ4v) is 2.24. The van der Waals surface area contributed by atoms with Crippen LogP contribution in [0.15, 0.2) is 22.7 Å². The van der Waals surface area contributed by atoms with Crippen molar-refractivity contribution >= 4 is 27.5 Å². The van der Waals surface area contributed by atoms with Crippen molar-refractivity contribution in [1.29, 1.82) is 0 Å². The standard InChI is InChI=1S/C13H17BrN2O4/c1-15(5-3-2-4-6-17)13(18)10-7-11(14)9-12(8-10)16(19)20/h7-9,17H,2-6H2,1H3. The summed E-state index contributed by atoms with van der Waals surface area (Å²) in [4.78, 5) is 24.0. The number of nitrogens with zero attached hydrogens (tertiary/aromatic N) is 2. The van der Waals surface area contributed by atoms with Gasteiger partial charge in [0.15, 0.2) is 0 Å². The molecule has 1 aromatic rings. The van der Waals surface area contributed by atoms with E-state index < -0.39 is 4.92 Å². The molecular formula is C13H17BrN2O4. The molecule has 110 valence electrons. The number of aliphatic hydroxyl groups excluding tert-OH is 1. The minimum absolute atomic E-state index is 0.114. The Morgan fingerprint density at radius 1 is 1.35 bits per heavy atom. The molecule has 6 nitrogen and oxygen atoms in total. The number of aliphatic hydroxyl groups is 1. The van der Waals surface area contributed by atoms with Gasteiger partial charge in [-0.2, -0.15) is 0 Å². The Bertz CT molecular complexity index is 493. The molecule has 7 heteroatoms. The summed E-state index contributed by atoms with van der Waals surface area (Å²) in [6, 6.07) is 4.20. The van der Waals surface area contributed by atoms with Crippen molar-refractivity contribution < 1.29 is 14.8 Å². The number of nitro groups is 1. The monoisotopic (exact) mass is 344 g/mol. The maximum atomic E-state index is 12.2. The molecule has 0 unspecified atom stereocenters. The Morgan fingerprint density at radius 3 is 2.65 bits per heavy atom. The van der Waals surface area contributed by atoms with E-state index >= 15 is 0 Å². The number of non-ortho nitro benzene ring substituents is 1. The van der Waals surface area contributed by atoms with Gasteiger partial charge >= 0.3 is 0 Å². The highest BCUT2D eigenvalue weighted by atomic mass is 79.9. The van der Waals surface area contributed by atoms with E-state index in [1.165, 1.54) is 17.0 Å². The van der Waals surface area contributed by atoms with Crippen LogP contribution in [0.5, 0.6) is 0 Å². The molecule has 0 spiro atoms. The van der Waals surface area contributed by atoms with E-state index in [0.29, 0.717) is 17.4 Å². The highest BCUT2D eigenvalue weighted by Gasteiger charge is 2.16. The number of unbranched alkanes of at least 4 members (excludes halogenated alkanes) is 2. The third-order valence-electron chi connectivity index (χ3n) is 2.84. The second-order valence-electron chi connectivity index (χ2n) is 4.47. The van der Waals surface area contributed by atoms with Crippen molar-refractivity contribution in [2.24, 2.45) is 0 Å². The van der Waals surface area contributed by atoms with E-state index in [4.69, 9.17) is 5.11 Å². The van der Waals surface area contributed by atoms with Crippen LogP contribution in [-0.4, -0.2) is 41.0 Å².